The Morgan fingerprint density at radius 1 is 1.00 bits per heavy atom. The monoisotopic (exact) mass is 469 g/mol. The van der Waals surface area contributed by atoms with Gasteiger partial charge in [-0.3, -0.25) is 9.69 Å². The van der Waals surface area contributed by atoms with Gasteiger partial charge >= 0.3 is 5.97 Å². The number of hydrogen-bond donors (Lipinski definition) is 1. The molecule has 0 aromatic heterocycles. The van der Waals surface area contributed by atoms with Gasteiger partial charge in [-0.1, -0.05) is 48.4 Å². The number of benzene rings is 3. The Bertz CT molecular complexity index is 1210. The van der Waals surface area contributed by atoms with Crippen LogP contribution in [0.4, 0.5) is 0 Å². The van der Waals surface area contributed by atoms with Gasteiger partial charge in [-0.15, -0.1) is 5.92 Å². The highest BCUT2D eigenvalue weighted by molar-refractivity contribution is 5.69. The summed E-state index contributed by atoms with van der Waals surface area (Å²) < 4.78 is 11.3. The molecule has 35 heavy (non-hydrogen) atoms. The minimum atomic E-state index is -0.854. The van der Waals surface area contributed by atoms with E-state index >= 15 is 0 Å². The van der Waals surface area contributed by atoms with Gasteiger partial charge in [-0.2, -0.15) is 0 Å². The highest BCUT2D eigenvalue weighted by Crippen LogP contribution is 2.25. The van der Waals surface area contributed by atoms with Crippen molar-refractivity contribution in [1.29, 1.82) is 0 Å². The largest absolute Gasteiger partial charge is 0.497 e. The fourth-order valence-electron chi connectivity index (χ4n) is 4.41. The van der Waals surface area contributed by atoms with E-state index in [2.05, 4.69) is 53.1 Å². The second-order valence-electron chi connectivity index (χ2n) is 8.81. The number of fused-ring (bicyclic) bond motifs is 1. The lowest BCUT2D eigenvalue weighted by molar-refractivity contribution is -0.137. The standard InChI is InChI=1S/C30H31NO4/c1-3-4-25(18-30(32)33)24-9-12-28(13-10-24)35-21-23-7-5-22(6-8-23)19-31-16-15-26-17-29(34-2)14-11-27(26)20-31/h5-14,17,25H,15-16,18-21H2,1-2H3,(H,32,33). The third kappa shape index (κ3) is 6.65. The van der Waals surface area contributed by atoms with Crippen molar-refractivity contribution in [3.63, 3.8) is 0 Å². The lowest BCUT2D eigenvalue weighted by atomic mass is 9.96. The summed E-state index contributed by atoms with van der Waals surface area (Å²) in [4.78, 5) is 13.6. The van der Waals surface area contributed by atoms with Crippen LogP contribution in [0.5, 0.6) is 11.5 Å². The molecule has 3 aromatic rings. The van der Waals surface area contributed by atoms with Crippen LogP contribution in [-0.4, -0.2) is 29.6 Å². The van der Waals surface area contributed by atoms with Gasteiger partial charge in [-0.25, -0.2) is 0 Å². The van der Waals surface area contributed by atoms with Crippen LogP contribution in [-0.2, 0) is 30.9 Å². The normalized spacial score (nSPS) is 13.8. The van der Waals surface area contributed by atoms with Crippen molar-refractivity contribution in [3.8, 4) is 23.3 Å². The van der Waals surface area contributed by atoms with Crippen molar-refractivity contribution in [3.05, 3.63) is 94.5 Å². The van der Waals surface area contributed by atoms with Crippen LogP contribution >= 0.6 is 0 Å². The van der Waals surface area contributed by atoms with Gasteiger partial charge in [-0.05, 0) is 65.4 Å². The zero-order chi connectivity index (χ0) is 24.6. The van der Waals surface area contributed by atoms with Crippen molar-refractivity contribution in [2.24, 2.45) is 0 Å². The minimum Gasteiger partial charge on any atom is -0.497 e. The number of carboxylic acid groups (broad SMARTS) is 1. The first-order valence-electron chi connectivity index (χ1n) is 11.9. The van der Waals surface area contributed by atoms with Crippen LogP contribution in [0.1, 0.15) is 47.1 Å². The third-order valence-corrected chi connectivity index (χ3v) is 6.32. The fraction of sp³-hybridized carbons (Fsp3) is 0.300. The van der Waals surface area contributed by atoms with E-state index < -0.39 is 5.97 Å². The van der Waals surface area contributed by atoms with Crippen molar-refractivity contribution in [2.45, 2.75) is 45.4 Å². The van der Waals surface area contributed by atoms with Crippen molar-refractivity contribution in [2.75, 3.05) is 13.7 Å². The van der Waals surface area contributed by atoms with Crippen LogP contribution in [0.25, 0.3) is 0 Å². The lowest BCUT2D eigenvalue weighted by Gasteiger charge is -2.29. The van der Waals surface area contributed by atoms with Crippen LogP contribution in [0.2, 0.25) is 0 Å². The molecule has 180 valence electrons. The topological polar surface area (TPSA) is 59.0 Å². The molecule has 1 aliphatic rings. The molecule has 0 saturated carbocycles. The Kier molecular flexibility index (Phi) is 8.07. The summed E-state index contributed by atoms with van der Waals surface area (Å²) in [6.07, 6.45) is 1.03. The van der Waals surface area contributed by atoms with E-state index in [0.29, 0.717) is 6.61 Å². The molecule has 3 aromatic carbocycles. The zero-order valence-electron chi connectivity index (χ0n) is 20.3. The summed E-state index contributed by atoms with van der Waals surface area (Å²) >= 11 is 0. The third-order valence-electron chi connectivity index (χ3n) is 6.32. The minimum absolute atomic E-state index is 0.00786. The average Bonchev–Trinajstić information content (AvgIpc) is 2.88. The van der Waals surface area contributed by atoms with Crippen molar-refractivity contribution < 1.29 is 19.4 Å². The number of aliphatic carboxylic acids is 1. The first-order valence-corrected chi connectivity index (χ1v) is 11.9. The molecule has 0 aliphatic carbocycles. The summed E-state index contributed by atoms with van der Waals surface area (Å²) in [5.41, 5.74) is 6.05. The Morgan fingerprint density at radius 3 is 2.40 bits per heavy atom. The summed E-state index contributed by atoms with van der Waals surface area (Å²) in [5.74, 6) is 6.31. The quantitative estimate of drug-likeness (QED) is 0.425. The van der Waals surface area contributed by atoms with Gasteiger partial charge in [0.2, 0.25) is 0 Å². The van der Waals surface area contributed by atoms with E-state index in [1.54, 1.807) is 14.0 Å². The Balaban J connectivity index is 1.29. The van der Waals surface area contributed by atoms with Gasteiger partial charge in [0, 0.05) is 19.6 Å². The van der Waals surface area contributed by atoms with Gasteiger partial charge in [0.25, 0.3) is 0 Å². The number of methoxy groups -OCH3 is 1. The SMILES string of the molecule is CC#CC(CC(=O)O)c1ccc(OCc2ccc(CN3CCc4cc(OC)ccc4C3)cc2)cc1. The number of hydrogen-bond acceptors (Lipinski definition) is 4. The van der Waals surface area contributed by atoms with E-state index in [1.165, 1.54) is 16.7 Å². The number of rotatable bonds is 9. The van der Waals surface area contributed by atoms with Crippen LogP contribution < -0.4 is 9.47 Å². The summed E-state index contributed by atoms with van der Waals surface area (Å²) in [6.45, 7) is 5.12. The maximum atomic E-state index is 11.1. The van der Waals surface area contributed by atoms with Crippen LogP contribution in [0, 0.1) is 11.8 Å². The van der Waals surface area contributed by atoms with E-state index in [-0.39, 0.29) is 12.3 Å². The molecule has 1 aliphatic heterocycles. The first kappa shape index (κ1) is 24.4. The number of nitrogens with zero attached hydrogens (tertiary/aromatic N) is 1. The van der Waals surface area contributed by atoms with Crippen LogP contribution in [0.15, 0.2) is 66.7 Å². The molecule has 5 heteroatoms. The first-order chi connectivity index (χ1) is 17.0. The Morgan fingerprint density at radius 2 is 1.71 bits per heavy atom. The molecular formula is C30H31NO4. The molecule has 1 heterocycles. The molecule has 0 bridgehead atoms. The molecule has 0 saturated heterocycles. The maximum Gasteiger partial charge on any atom is 0.304 e. The lowest BCUT2D eigenvalue weighted by Crippen LogP contribution is -2.30. The molecule has 0 spiro atoms. The van der Waals surface area contributed by atoms with Crippen molar-refractivity contribution in [1.82, 2.24) is 4.90 Å². The summed E-state index contributed by atoms with van der Waals surface area (Å²) in [7, 11) is 1.71. The smallest absolute Gasteiger partial charge is 0.304 e. The molecular weight excluding hydrogens is 438 g/mol. The van der Waals surface area contributed by atoms with Gasteiger partial charge in [0.1, 0.15) is 18.1 Å². The van der Waals surface area contributed by atoms with Crippen LogP contribution in [0.3, 0.4) is 0 Å². The molecule has 4 rings (SSSR count). The molecule has 1 unspecified atom stereocenters. The zero-order valence-corrected chi connectivity index (χ0v) is 20.3. The molecule has 0 amide bonds. The van der Waals surface area contributed by atoms with Crippen molar-refractivity contribution >= 4 is 5.97 Å². The maximum absolute atomic E-state index is 11.1. The second-order valence-corrected chi connectivity index (χ2v) is 8.81. The number of carboxylic acids is 1. The fourth-order valence-corrected chi connectivity index (χ4v) is 4.41. The average molecular weight is 470 g/mol. The highest BCUT2D eigenvalue weighted by atomic mass is 16.5. The van der Waals surface area contributed by atoms with E-state index in [4.69, 9.17) is 14.6 Å². The predicted octanol–water partition coefficient (Wildman–Crippen LogP) is 5.41. The summed E-state index contributed by atoms with van der Waals surface area (Å²) in [6, 6.07) is 22.5. The summed E-state index contributed by atoms with van der Waals surface area (Å²) in [5, 5.41) is 9.11. The molecule has 0 radical (unpaired) electrons. The second kappa shape index (κ2) is 11.6. The highest BCUT2D eigenvalue weighted by Gasteiger charge is 2.17. The number of carbonyl (C=O) groups is 1. The molecule has 0 fully saturated rings. The molecule has 5 nitrogen and oxygen atoms in total. The van der Waals surface area contributed by atoms with E-state index in [9.17, 15) is 4.79 Å². The molecule has 1 N–H and O–H groups in total. The van der Waals surface area contributed by atoms with E-state index in [0.717, 1.165) is 48.7 Å². The molecule has 1 atom stereocenters. The van der Waals surface area contributed by atoms with Gasteiger partial charge < -0.3 is 14.6 Å². The Labute approximate surface area is 207 Å². The van der Waals surface area contributed by atoms with Gasteiger partial charge in [0.15, 0.2) is 0 Å². The van der Waals surface area contributed by atoms with E-state index in [1.807, 2.05) is 30.3 Å². The Hall–Kier alpha value is -3.75. The number of ether oxygens (including phenoxy) is 2. The predicted molar refractivity (Wildman–Crippen MR) is 136 cm³/mol. The van der Waals surface area contributed by atoms with Gasteiger partial charge in [0.05, 0.1) is 19.4 Å².